The highest BCUT2D eigenvalue weighted by molar-refractivity contribution is 5.85. The molecule has 1 atom stereocenters. The van der Waals surface area contributed by atoms with Gasteiger partial charge in [-0.05, 0) is 6.92 Å². The molecular weight excluding hydrogens is 222 g/mol. The van der Waals surface area contributed by atoms with E-state index in [1.165, 1.54) is 0 Å². The second-order valence-electron chi connectivity index (χ2n) is 3.77. The number of piperazine rings is 1. The van der Waals surface area contributed by atoms with Gasteiger partial charge in [-0.1, -0.05) is 0 Å². The first-order valence-corrected chi connectivity index (χ1v) is 5.27. The molecule has 1 aliphatic heterocycles. The van der Waals surface area contributed by atoms with Crippen molar-refractivity contribution in [1.82, 2.24) is 15.3 Å². The lowest BCUT2D eigenvalue weighted by atomic mass is 10.2. The molecule has 2 heterocycles. The Morgan fingerprint density at radius 1 is 1.59 bits per heavy atom. The minimum Gasteiger partial charge on any atom is -0.368 e. The van der Waals surface area contributed by atoms with Gasteiger partial charge in [0.1, 0.15) is 17.7 Å². The Bertz CT molecular complexity index is 435. The Morgan fingerprint density at radius 2 is 2.35 bits per heavy atom. The van der Waals surface area contributed by atoms with Crippen molar-refractivity contribution in [3.8, 4) is 0 Å². The molecule has 0 saturated carbocycles. The molecule has 1 aromatic rings. The van der Waals surface area contributed by atoms with E-state index >= 15 is 0 Å². The van der Waals surface area contributed by atoms with Gasteiger partial charge in [-0.2, -0.15) is 9.97 Å². The van der Waals surface area contributed by atoms with E-state index in [4.69, 9.17) is 11.6 Å². The van der Waals surface area contributed by atoms with Gasteiger partial charge in [-0.3, -0.25) is 4.79 Å². The molecule has 0 bridgehead atoms. The second-order valence-corrected chi connectivity index (χ2v) is 3.77. The molecule has 2 rings (SSSR count). The zero-order valence-corrected chi connectivity index (χ0v) is 9.47. The van der Waals surface area contributed by atoms with Crippen molar-refractivity contribution in [2.75, 3.05) is 29.1 Å². The normalized spacial score (nSPS) is 20.0. The molecule has 0 radical (unpaired) electrons. The summed E-state index contributed by atoms with van der Waals surface area (Å²) in [5.74, 6) is 6.39. The summed E-state index contributed by atoms with van der Waals surface area (Å²) in [5.41, 5.74) is 7.99. The number of nitrogen functional groups attached to an aromatic ring is 2. The number of aromatic nitrogens is 2. The van der Waals surface area contributed by atoms with E-state index in [9.17, 15) is 4.79 Å². The van der Waals surface area contributed by atoms with E-state index in [2.05, 4.69) is 20.7 Å². The van der Waals surface area contributed by atoms with Crippen LogP contribution in [0.3, 0.4) is 0 Å². The van der Waals surface area contributed by atoms with E-state index in [1.54, 1.807) is 6.07 Å². The number of carbonyl (C=O) groups is 1. The summed E-state index contributed by atoms with van der Waals surface area (Å²) in [6, 6.07) is 1.37. The van der Waals surface area contributed by atoms with Crippen LogP contribution in [0.15, 0.2) is 6.07 Å². The van der Waals surface area contributed by atoms with Gasteiger partial charge < -0.3 is 21.4 Å². The standard InChI is InChI=1S/C9H15N7O/c1-5-8(17)12-2-3-16(5)7-4-6(15-11)13-9(10)14-7/h4-5H,2-3,11H2,1H3,(H,12,17)(H3,10,13,14,15). The number of nitrogens with two attached hydrogens (primary N) is 2. The molecule has 17 heavy (non-hydrogen) atoms. The highest BCUT2D eigenvalue weighted by Gasteiger charge is 2.26. The Kier molecular flexibility index (Phi) is 2.96. The second kappa shape index (κ2) is 4.42. The van der Waals surface area contributed by atoms with Gasteiger partial charge in [-0.15, -0.1) is 0 Å². The van der Waals surface area contributed by atoms with Gasteiger partial charge in [0, 0.05) is 19.2 Å². The number of hydrogen-bond donors (Lipinski definition) is 4. The highest BCUT2D eigenvalue weighted by atomic mass is 16.2. The molecule has 0 aliphatic carbocycles. The summed E-state index contributed by atoms with van der Waals surface area (Å²) in [4.78, 5) is 21.4. The molecule has 1 aromatic heterocycles. The zero-order chi connectivity index (χ0) is 12.4. The smallest absolute Gasteiger partial charge is 0.242 e. The molecule has 1 amide bonds. The average Bonchev–Trinajstić information content (AvgIpc) is 2.31. The van der Waals surface area contributed by atoms with Gasteiger partial charge in [0.05, 0.1) is 0 Å². The van der Waals surface area contributed by atoms with Gasteiger partial charge in [0.25, 0.3) is 0 Å². The molecule has 1 fully saturated rings. The lowest BCUT2D eigenvalue weighted by Crippen LogP contribution is -2.54. The lowest BCUT2D eigenvalue weighted by molar-refractivity contribution is -0.122. The first-order chi connectivity index (χ1) is 8.11. The SMILES string of the molecule is CC1C(=O)NCCN1c1cc(NN)nc(N)n1. The fourth-order valence-electron chi connectivity index (χ4n) is 1.77. The fraction of sp³-hybridized carbons (Fsp3) is 0.444. The Hall–Kier alpha value is -2.09. The van der Waals surface area contributed by atoms with Crippen LogP contribution < -0.4 is 27.2 Å². The topological polar surface area (TPSA) is 122 Å². The maximum atomic E-state index is 11.5. The number of hydrogen-bond acceptors (Lipinski definition) is 7. The summed E-state index contributed by atoms with van der Waals surface area (Å²) < 4.78 is 0. The maximum absolute atomic E-state index is 11.5. The molecule has 1 saturated heterocycles. The predicted octanol–water partition coefficient (Wildman–Crippen LogP) is -1.33. The number of nitrogens with one attached hydrogen (secondary N) is 2. The molecule has 6 N–H and O–H groups in total. The number of carbonyl (C=O) groups excluding carboxylic acids is 1. The van der Waals surface area contributed by atoms with Crippen molar-refractivity contribution in [3.05, 3.63) is 6.07 Å². The Morgan fingerprint density at radius 3 is 3.06 bits per heavy atom. The van der Waals surface area contributed by atoms with Crippen molar-refractivity contribution < 1.29 is 4.79 Å². The minimum absolute atomic E-state index is 0.0318. The fourth-order valence-corrected chi connectivity index (χ4v) is 1.77. The zero-order valence-electron chi connectivity index (χ0n) is 9.47. The largest absolute Gasteiger partial charge is 0.368 e. The first-order valence-electron chi connectivity index (χ1n) is 5.27. The Balaban J connectivity index is 2.32. The molecule has 8 heteroatoms. The van der Waals surface area contributed by atoms with Gasteiger partial charge in [-0.25, -0.2) is 5.84 Å². The molecule has 0 spiro atoms. The summed E-state index contributed by atoms with van der Waals surface area (Å²) in [5, 5.41) is 2.78. The van der Waals surface area contributed by atoms with E-state index in [0.29, 0.717) is 24.7 Å². The monoisotopic (exact) mass is 237 g/mol. The summed E-state index contributed by atoms with van der Waals surface area (Å²) >= 11 is 0. The van der Waals surface area contributed by atoms with Crippen LogP contribution in [0.4, 0.5) is 17.6 Å². The van der Waals surface area contributed by atoms with Crippen molar-refractivity contribution in [1.29, 1.82) is 0 Å². The van der Waals surface area contributed by atoms with Crippen molar-refractivity contribution >= 4 is 23.5 Å². The van der Waals surface area contributed by atoms with E-state index < -0.39 is 0 Å². The van der Waals surface area contributed by atoms with Gasteiger partial charge in [0.15, 0.2) is 0 Å². The average molecular weight is 237 g/mol. The number of nitrogens with zero attached hydrogens (tertiary/aromatic N) is 3. The summed E-state index contributed by atoms with van der Waals surface area (Å²) in [6.45, 7) is 3.06. The number of rotatable bonds is 2. The number of amides is 1. The first kappa shape index (κ1) is 11.4. The highest BCUT2D eigenvalue weighted by Crippen LogP contribution is 2.19. The number of anilines is 3. The van der Waals surface area contributed by atoms with E-state index in [1.807, 2.05) is 11.8 Å². The molecule has 8 nitrogen and oxygen atoms in total. The third kappa shape index (κ3) is 2.21. The third-order valence-electron chi connectivity index (χ3n) is 2.67. The van der Waals surface area contributed by atoms with Crippen LogP contribution in [-0.2, 0) is 4.79 Å². The summed E-state index contributed by atoms with van der Waals surface area (Å²) in [6.07, 6.45) is 0. The van der Waals surface area contributed by atoms with Crippen molar-refractivity contribution in [2.45, 2.75) is 13.0 Å². The van der Waals surface area contributed by atoms with Crippen LogP contribution in [0, 0.1) is 0 Å². The van der Waals surface area contributed by atoms with Crippen LogP contribution >= 0.6 is 0 Å². The van der Waals surface area contributed by atoms with Crippen molar-refractivity contribution in [3.63, 3.8) is 0 Å². The lowest BCUT2D eigenvalue weighted by Gasteiger charge is -2.33. The maximum Gasteiger partial charge on any atom is 0.242 e. The Labute approximate surface area is 98.4 Å². The van der Waals surface area contributed by atoms with E-state index in [0.717, 1.165) is 0 Å². The van der Waals surface area contributed by atoms with Gasteiger partial charge >= 0.3 is 0 Å². The summed E-state index contributed by atoms with van der Waals surface area (Å²) in [7, 11) is 0. The van der Waals surface area contributed by atoms with Crippen LogP contribution in [0.5, 0.6) is 0 Å². The number of hydrazine groups is 1. The molecule has 1 aliphatic rings. The minimum atomic E-state index is -0.288. The molecular formula is C9H15N7O. The molecule has 92 valence electrons. The van der Waals surface area contributed by atoms with Gasteiger partial charge in [0.2, 0.25) is 11.9 Å². The quantitative estimate of drug-likeness (QED) is 0.371. The van der Waals surface area contributed by atoms with E-state index in [-0.39, 0.29) is 17.9 Å². The third-order valence-corrected chi connectivity index (χ3v) is 2.67. The van der Waals surface area contributed by atoms with Crippen LogP contribution in [0.25, 0.3) is 0 Å². The van der Waals surface area contributed by atoms with Crippen LogP contribution in [0.2, 0.25) is 0 Å². The molecule has 0 aromatic carbocycles. The molecule has 1 unspecified atom stereocenters. The van der Waals surface area contributed by atoms with Crippen molar-refractivity contribution in [2.24, 2.45) is 5.84 Å². The van der Waals surface area contributed by atoms with Crippen LogP contribution in [-0.4, -0.2) is 35.0 Å². The van der Waals surface area contributed by atoms with Crippen LogP contribution in [0.1, 0.15) is 6.92 Å². The predicted molar refractivity (Wildman–Crippen MR) is 64.1 cm³/mol.